The lowest BCUT2D eigenvalue weighted by Gasteiger charge is -2.25. The SMILES string of the molecule is COC(=O)c1c(NC(=O)c2ccc(S(=O)(=O)N(CC(C)C)CC(C)C)cc2)sc(Cc2ccc3c(c2)OCO3)c1C. The lowest BCUT2D eigenvalue weighted by Crippen LogP contribution is -2.37. The second-order valence-electron chi connectivity index (χ2n) is 10.8. The summed E-state index contributed by atoms with van der Waals surface area (Å²) in [7, 11) is -2.43. The minimum atomic E-state index is -3.72. The van der Waals surface area contributed by atoms with E-state index in [1.54, 1.807) is 0 Å². The molecule has 0 spiro atoms. The van der Waals surface area contributed by atoms with Crippen LogP contribution in [0.4, 0.5) is 5.00 Å². The molecular formula is C30H36N2O7S2. The maximum absolute atomic E-state index is 13.3. The number of hydrogen-bond donors (Lipinski definition) is 1. The second-order valence-corrected chi connectivity index (χ2v) is 13.8. The molecule has 1 aromatic heterocycles. The molecule has 11 heteroatoms. The number of esters is 1. The molecule has 1 aliphatic rings. The predicted octanol–water partition coefficient (Wildman–Crippen LogP) is 5.72. The molecule has 1 amide bonds. The Morgan fingerprint density at radius 1 is 1.00 bits per heavy atom. The van der Waals surface area contributed by atoms with Gasteiger partial charge in [0.25, 0.3) is 5.91 Å². The zero-order chi connectivity index (χ0) is 29.9. The number of anilines is 1. The van der Waals surface area contributed by atoms with E-state index in [-0.39, 0.29) is 29.1 Å². The minimum absolute atomic E-state index is 0.128. The van der Waals surface area contributed by atoms with Crippen molar-refractivity contribution in [2.75, 3.05) is 32.3 Å². The molecule has 0 saturated heterocycles. The first-order valence-corrected chi connectivity index (χ1v) is 15.7. The number of sulfonamides is 1. The molecule has 9 nitrogen and oxygen atoms in total. The van der Waals surface area contributed by atoms with Gasteiger partial charge >= 0.3 is 5.97 Å². The van der Waals surface area contributed by atoms with E-state index in [1.165, 1.54) is 47.0 Å². The maximum atomic E-state index is 13.3. The lowest BCUT2D eigenvalue weighted by atomic mass is 10.1. The third kappa shape index (κ3) is 6.91. The van der Waals surface area contributed by atoms with Crippen molar-refractivity contribution in [3.63, 3.8) is 0 Å². The van der Waals surface area contributed by atoms with Crippen molar-refractivity contribution in [1.29, 1.82) is 0 Å². The highest BCUT2D eigenvalue weighted by Gasteiger charge is 2.27. The van der Waals surface area contributed by atoms with Crippen molar-refractivity contribution in [3.05, 3.63) is 69.6 Å². The molecule has 3 aromatic rings. The molecule has 0 fully saturated rings. The number of ether oxygens (including phenoxy) is 3. The van der Waals surface area contributed by atoms with Gasteiger partial charge in [-0.2, -0.15) is 4.31 Å². The van der Waals surface area contributed by atoms with Crippen molar-refractivity contribution in [1.82, 2.24) is 4.31 Å². The van der Waals surface area contributed by atoms with Crippen molar-refractivity contribution in [2.45, 2.75) is 45.9 Å². The average Bonchev–Trinajstić information content (AvgIpc) is 3.51. The van der Waals surface area contributed by atoms with Gasteiger partial charge in [-0.3, -0.25) is 4.79 Å². The fourth-order valence-electron chi connectivity index (χ4n) is 4.59. The van der Waals surface area contributed by atoms with E-state index in [4.69, 9.17) is 14.2 Å². The Labute approximate surface area is 245 Å². The van der Waals surface area contributed by atoms with Gasteiger partial charge < -0.3 is 19.5 Å². The highest BCUT2D eigenvalue weighted by molar-refractivity contribution is 7.89. The standard InChI is InChI=1S/C30H36N2O7S2/c1-18(2)15-32(16-19(3)4)41(35,36)23-10-8-22(9-11-23)28(33)31-29-27(30(34)37-6)20(5)26(40-29)14-21-7-12-24-25(13-21)39-17-38-24/h7-13,18-19H,14-17H2,1-6H3,(H,31,33). The third-order valence-corrected chi connectivity index (χ3v) is 9.61. The van der Waals surface area contributed by atoms with Gasteiger partial charge in [0.05, 0.1) is 17.6 Å². The lowest BCUT2D eigenvalue weighted by molar-refractivity contribution is 0.0601. The number of nitrogens with one attached hydrogen (secondary N) is 1. The maximum Gasteiger partial charge on any atom is 0.341 e. The molecule has 4 rings (SSSR count). The summed E-state index contributed by atoms with van der Waals surface area (Å²) < 4.78 is 44.1. The van der Waals surface area contributed by atoms with Gasteiger partial charge in [0.15, 0.2) is 11.5 Å². The van der Waals surface area contributed by atoms with Crippen LogP contribution in [0.2, 0.25) is 0 Å². The Hall–Kier alpha value is -3.41. The van der Waals surface area contributed by atoms with E-state index < -0.39 is 21.9 Å². The van der Waals surface area contributed by atoms with E-state index >= 15 is 0 Å². The van der Waals surface area contributed by atoms with Gasteiger partial charge in [-0.25, -0.2) is 13.2 Å². The fourth-order valence-corrected chi connectivity index (χ4v) is 7.58. The van der Waals surface area contributed by atoms with E-state index in [2.05, 4.69) is 5.32 Å². The van der Waals surface area contributed by atoms with Gasteiger partial charge in [-0.1, -0.05) is 33.8 Å². The normalized spacial score (nSPS) is 12.8. The van der Waals surface area contributed by atoms with Gasteiger partial charge in [0.1, 0.15) is 5.00 Å². The molecule has 0 aliphatic carbocycles. The summed E-state index contributed by atoms with van der Waals surface area (Å²) >= 11 is 1.30. The third-order valence-electron chi connectivity index (χ3n) is 6.56. The summed E-state index contributed by atoms with van der Waals surface area (Å²) in [5.74, 6) is 0.675. The largest absolute Gasteiger partial charge is 0.465 e. The number of amides is 1. The van der Waals surface area contributed by atoms with Crippen molar-refractivity contribution in [2.24, 2.45) is 11.8 Å². The van der Waals surface area contributed by atoms with Crippen LogP contribution in [0.15, 0.2) is 47.4 Å². The number of nitrogens with zero attached hydrogens (tertiary/aromatic N) is 1. The van der Waals surface area contributed by atoms with Crippen molar-refractivity contribution in [3.8, 4) is 11.5 Å². The molecule has 0 saturated carbocycles. The summed E-state index contributed by atoms with van der Waals surface area (Å²) in [6.07, 6.45) is 0.517. The van der Waals surface area contributed by atoms with Gasteiger partial charge in [0, 0.05) is 30.0 Å². The Morgan fingerprint density at radius 2 is 1.63 bits per heavy atom. The molecule has 2 heterocycles. The quantitative estimate of drug-likeness (QED) is 0.280. The minimum Gasteiger partial charge on any atom is -0.465 e. The molecule has 41 heavy (non-hydrogen) atoms. The van der Waals surface area contributed by atoms with Gasteiger partial charge in [-0.15, -0.1) is 11.3 Å². The zero-order valence-corrected chi connectivity index (χ0v) is 25.8. The highest BCUT2D eigenvalue weighted by atomic mass is 32.2. The monoisotopic (exact) mass is 600 g/mol. The summed E-state index contributed by atoms with van der Waals surface area (Å²) in [6, 6.07) is 11.5. The van der Waals surface area contributed by atoms with Crippen LogP contribution < -0.4 is 14.8 Å². The molecule has 220 valence electrons. The molecule has 1 aliphatic heterocycles. The molecule has 0 bridgehead atoms. The van der Waals surface area contributed by atoms with Crippen LogP contribution in [-0.4, -0.2) is 51.6 Å². The van der Waals surface area contributed by atoms with Gasteiger partial charge in [-0.05, 0) is 66.3 Å². The Balaban J connectivity index is 1.56. The highest BCUT2D eigenvalue weighted by Crippen LogP contribution is 2.38. The number of rotatable bonds is 11. The molecule has 0 radical (unpaired) electrons. The van der Waals surface area contributed by atoms with Crippen molar-refractivity contribution < 1.29 is 32.2 Å². The van der Waals surface area contributed by atoms with E-state index in [0.717, 1.165) is 10.4 Å². The second kappa shape index (κ2) is 12.6. The molecule has 1 N–H and O–H groups in total. The summed E-state index contributed by atoms with van der Waals surface area (Å²) in [6.45, 7) is 10.7. The topological polar surface area (TPSA) is 111 Å². The van der Waals surface area contributed by atoms with Crippen LogP contribution in [0.3, 0.4) is 0 Å². The smallest absolute Gasteiger partial charge is 0.341 e. The number of fused-ring (bicyclic) bond motifs is 1. The van der Waals surface area contributed by atoms with Crippen LogP contribution in [0.5, 0.6) is 11.5 Å². The first kappa shape index (κ1) is 30.5. The Morgan fingerprint density at radius 3 is 2.24 bits per heavy atom. The number of thiophene rings is 1. The number of benzene rings is 2. The number of methoxy groups -OCH3 is 1. The van der Waals surface area contributed by atoms with Crippen molar-refractivity contribution >= 4 is 38.2 Å². The van der Waals surface area contributed by atoms with E-state index in [9.17, 15) is 18.0 Å². The van der Waals surface area contributed by atoms with Gasteiger partial charge in [0.2, 0.25) is 16.8 Å². The molecular weight excluding hydrogens is 564 g/mol. The number of carbonyl (C=O) groups excluding carboxylic acids is 2. The van der Waals surface area contributed by atoms with E-state index in [1.807, 2.05) is 52.8 Å². The summed E-state index contributed by atoms with van der Waals surface area (Å²) in [5, 5.41) is 3.21. The number of hydrogen-bond acceptors (Lipinski definition) is 8. The fraction of sp³-hybridized carbons (Fsp3) is 0.400. The first-order chi connectivity index (χ1) is 19.4. The number of carbonyl (C=O) groups is 2. The average molecular weight is 601 g/mol. The van der Waals surface area contributed by atoms with E-state index in [0.29, 0.717) is 47.1 Å². The summed E-state index contributed by atoms with van der Waals surface area (Å²) in [5.41, 5.74) is 2.24. The van der Waals surface area contributed by atoms with Crippen LogP contribution in [0.25, 0.3) is 0 Å². The Bertz CT molecular complexity index is 1520. The first-order valence-electron chi connectivity index (χ1n) is 13.4. The summed E-state index contributed by atoms with van der Waals surface area (Å²) in [4.78, 5) is 26.9. The zero-order valence-electron chi connectivity index (χ0n) is 24.1. The van der Waals surface area contributed by atoms with Crippen LogP contribution >= 0.6 is 11.3 Å². The molecule has 0 unspecified atom stereocenters. The van der Waals surface area contributed by atoms with Crippen LogP contribution in [0, 0.1) is 18.8 Å². The molecule has 0 atom stereocenters. The predicted molar refractivity (Wildman–Crippen MR) is 159 cm³/mol. The molecule has 2 aromatic carbocycles. The van der Waals surface area contributed by atoms with Crippen LogP contribution in [-0.2, 0) is 21.2 Å². The van der Waals surface area contributed by atoms with Crippen LogP contribution in [0.1, 0.15) is 64.4 Å². The Kier molecular flexibility index (Phi) is 9.41.